The summed E-state index contributed by atoms with van der Waals surface area (Å²) in [7, 11) is 1.84. The number of aliphatic imine (C=N–C) groups is 1. The first-order valence-corrected chi connectivity index (χ1v) is 11.7. The third-order valence-corrected chi connectivity index (χ3v) is 6.20. The second kappa shape index (κ2) is 11.6. The summed E-state index contributed by atoms with van der Waals surface area (Å²) in [5.74, 6) is 1.14. The van der Waals surface area contributed by atoms with E-state index in [4.69, 9.17) is 4.74 Å². The highest BCUT2D eigenvalue weighted by Gasteiger charge is 2.26. The minimum Gasteiger partial charge on any atom is -0.378 e. The van der Waals surface area contributed by atoms with Gasteiger partial charge in [0.2, 0.25) is 5.91 Å². The van der Waals surface area contributed by atoms with Gasteiger partial charge >= 0.3 is 0 Å². The van der Waals surface area contributed by atoms with Crippen molar-refractivity contribution < 1.29 is 9.53 Å². The number of nitrogens with zero attached hydrogens (tertiary/aromatic N) is 4. The summed E-state index contributed by atoms with van der Waals surface area (Å²) in [6.07, 6.45) is 0. The lowest BCUT2D eigenvalue weighted by Crippen LogP contribution is -2.57. The molecule has 0 radical (unpaired) electrons. The second-order valence-electron chi connectivity index (χ2n) is 9.32. The molecule has 0 saturated carbocycles. The summed E-state index contributed by atoms with van der Waals surface area (Å²) >= 11 is 0. The summed E-state index contributed by atoms with van der Waals surface area (Å²) in [5.41, 5.74) is 1.19. The first kappa shape index (κ1) is 24.5. The molecular weight excluding hydrogens is 404 g/mol. The maximum absolute atomic E-state index is 12.5. The number of benzene rings is 1. The van der Waals surface area contributed by atoms with E-state index in [2.05, 4.69) is 70.5 Å². The molecule has 1 amide bonds. The van der Waals surface area contributed by atoms with Crippen molar-refractivity contribution in [2.45, 2.75) is 32.4 Å². The minimum atomic E-state index is -0.0996. The van der Waals surface area contributed by atoms with E-state index in [0.29, 0.717) is 32.8 Å². The Labute approximate surface area is 193 Å². The van der Waals surface area contributed by atoms with Gasteiger partial charge in [0.05, 0.1) is 19.8 Å². The van der Waals surface area contributed by atoms with Crippen LogP contribution in [0.2, 0.25) is 0 Å². The van der Waals surface area contributed by atoms with Gasteiger partial charge in [0, 0.05) is 64.4 Å². The number of hydrogen-bond acceptors (Lipinski definition) is 5. The molecule has 178 valence electrons. The molecule has 0 spiro atoms. The molecule has 2 aliphatic rings. The maximum Gasteiger partial charge on any atom is 0.236 e. The number of ether oxygens (including phenoxy) is 1. The van der Waals surface area contributed by atoms with Gasteiger partial charge < -0.3 is 25.2 Å². The van der Waals surface area contributed by atoms with Crippen LogP contribution in [0.15, 0.2) is 35.3 Å². The average Bonchev–Trinajstić information content (AvgIpc) is 2.81. The van der Waals surface area contributed by atoms with E-state index in [1.165, 1.54) is 5.56 Å². The smallest absolute Gasteiger partial charge is 0.236 e. The van der Waals surface area contributed by atoms with Gasteiger partial charge in [-0.05, 0) is 26.3 Å². The summed E-state index contributed by atoms with van der Waals surface area (Å²) in [4.78, 5) is 23.5. The zero-order valence-electron chi connectivity index (χ0n) is 20.1. The Balaban J connectivity index is 1.42. The molecule has 1 aromatic rings. The van der Waals surface area contributed by atoms with Crippen LogP contribution in [0.5, 0.6) is 0 Å². The van der Waals surface area contributed by atoms with Gasteiger partial charge in [-0.3, -0.25) is 14.7 Å². The van der Waals surface area contributed by atoms with E-state index in [-0.39, 0.29) is 17.5 Å². The molecule has 2 saturated heterocycles. The number of piperazine rings is 1. The Morgan fingerprint density at radius 3 is 2.34 bits per heavy atom. The fourth-order valence-electron chi connectivity index (χ4n) is 4.32. The molecule has 8 heteroatoms. The normalized spacial score (nSPS) is 19.7. The molecule has 8 nitrogen and oxygen atoms in total. The van der Waals surface area contributed by atoms with Crippen molar-refractivity contribution in [2.24, 2.45) is 4.99 Å². The van der Waals surface area contributed by atoms with Gasteiger partial charge in [-0.1, -0.05) is 30.3 Å². The molecule has 2 heterocycles. The molecule has 1 aromatic carbocycles. The number of hydrogen-bond donors (Lipinski definition) is 2. The van der Waals surface area contributed by atoms with Crippen LogP contribution in [-0.4, -0.2) is 105 Å². The van der Waals surface area contributed by atoms with E-state index in [9.17, 15) is 4.79 Å². The number of rotatable bonds is 7. The van der Waals surface area contributed by atoms with Crippen LogP contribution < -0.4 is 10.6 Å². The van der Waals surface area contributed by atoms with Crippen molar-refractivity contribution in [2.75, 3.05) is 72.6 Å². The summed E-state index contributed by atoms with van der Waals surface area (Å²) < 4.78 is 5.34. The third kappa shape index (κ3) is 7.18. The zero-order valence-corrected chi connectivity index (χ0v) is 20.1. The van der Waals surface area contributed by atoms with Crippen LogP contribution in [0.4, 0.5) is 0 Å². The van der Waals surface area contributed by atoms with Crippen LogP contribution in [0.25, 0.3) is 0 Å². The van der Waals surface area contributed by atoms with Crippen molar-refractivity contribution in [1.82, 2.24) is 25.3 Å². The molecule has 32 heavy (non-hydrogen) atoms. The predicted octanol–water partition coefficient (Wildman–Crippen LogP) is 1.17. The van der Waals surface area contributed by atoms with Gasteiger partial charge in [-0.15, -0.1) is 0 Å². The average molecular weight is 445 g/mol. The van der Waals surface area contributed by atoms with Crippen molar-refractivity contribution in [3.05, 3.63) is 35.9 Å². The van der Waals surface area contributed by atoms with Crippen LogP contribution in [0.3, 0.4) is 0 Å². The number of morpholine rings is 1. The molecule has 2 aliphatic heterocycles. The number of carbonyl (C=O) groups is 1. The van der Waals surface area contributed by atoms with E-state index < -0.39 is 0 Å². The van der Waals surface area contributed by atoms with Crippen molar-refractivity contribution >= 4 is 11.9 Å². The first-order valence-electron chi connectivity index (χ1n) is 11.7. The summed E-state index contributed by atoms with van der Waals surface area (Å²) in [6, 6.07) is 10.8. The number of nitrogens with one attached hydrogen (secondary N) is 2. The lowest BCUT2D eigenvalue weighted by molar-refractivity contribution is -0.136. The zero-order chi connectivity index (χ0) is 23.0. The SMILES string of the molecule is CN=C(NCC(C)(C)NC(C)c1ccccc1)N1CCN(CC(=O)N2CCOCC2)CC1. The Bertz CT molecular complexity index is 740. The van der Waals surface area contributed by atoms with Crippen LogP contribution in [-0.2, 0) is 9.53 Å². The highest BCUT2D eigenvalue weighted by atomic mass is 16.5. The van der Waals surface area contributed by atoms with Gasteiger partial charge in [0.25, 0.3) is 0 Å². The van der Waals surface area contributed by atoms with Crippen molar-refractivity contribution in [1.29, 1.82) is 0 Å². The van der Waals surface area contributed by atoms with Crippen molar-refractivity contribution in [3.8, 4) is 0 Å². The fraction of sp³-hybridized carbons (Fsp3) is 0.667. The predicted molar refractivity (Wildman–Crippen MR) is 129 cm³/mol. The molecule has 3 rings (SSSR count). The largest absolute Gasteiger partial charge is 0.378 e. The Morgan fingerprint density at radius 1 is 1.06 bits per heavy atom. The van der Waals surface area contributed by atoms with E-state index >= 15 is 0 Å². The highest BCUT2D eigenvalue weighted by Crippen LogP contribution is 2.16. The lowest BCUT2D eigenvalue weighted by atomic mass is 10.0. The Kier molecular flexibility index (Phi) is 8.90. The van der Waals surface area contributed by atoms with Gasteiger partial charge in [-0.25, -0.2) is 0 Å². The summed E-state index contributed by atoms with van der Waals surface area (Å²) in [6.45, 7) is 14.1. The molecular formula is C24H40N6O2. The standard InChI is InChI=1S/C24H40N6O2/c1-20(21-8-6-5-7-9-21)27-24(2,3)19-26-23(25-4)30-12-10-28(11-13-30)18-22(31)29-14-16-32-17-15-29/h5-9,20,27H,10-19H2,1-4H3,(H,25,26). The van der Waals surface area contributed by atoms with E-state index in [1.807, 2.05) is 18.0 Å². The molecule has 2 N–H and O–H groups in total. The molecule has 0 bridgehead atoms. The van der Waals surface area contributed by atoms with Gasteiger partial charge in [-0.2, -0.15) is 0 Å². The van der Waals surface area contributed by atoms with Gasteiger partial charge in [0.1, 0.15) is 0 Å². The van der Waals surface area contributed by atoms with E-state index in [1.54, 1.807) is 0 Å². The second-order valence-corrected chi connectivity index (χ2v) is 9.32. The number of carbonyl (C=O) groups excluding carboxylic acids is 1. The van der Waals surface area contributed by atoms with Gasteiger partial charge in [0.15, 0.2) is 5.96 Å². The molecule has 1 unspecified atom stereocenters. The maximum atomic E-state index is 12.5. The molecule has 0 aliphatic carbocycles. The quantitative estimate of drug-likeness (QED) is 0.486. The van der Waals surface area contributed by atoms with Crippen LogP contribution in [0.1, 0.15) is 32.4 Å². The lowest BCUT2D eigenvalue weighted by Gasteiger charge is -2.38. The topological polar surface area (TPSA) is 72.4 Å². The molecule has 0 aromatic heterocycles. The molecule has 1 atom stereocenters. The number of guanidine groups is 1. The Hall–Kier alpha value is -2.16. The molecule has 2 fully saturated rings. The van der Waals surface area contributed by atoms with Crippen molar-refractivity contribution in [3.63, 3.8) is 0 Å². The Morgan fingerprint density at radius 2 is 1.72 bits per heavy atom. The fourth-order valence-corrected chi connectivity index (χ4v) is 4.32. The summed E-state index contributed by atoms with van der Waals surface area (Å²) in [5, 5.41) is 7.27. The van der Waals surface area contributed by atoms with Crippen LogP contribution in [0, 0.1) is 0 Å². The first-order chi connectivity index (χ1) is 15.4. The minimum absolute atomic E-state index is 0.0996. The third-order valence-electron chi connectivity index (χ3n) is 6.20. The van der Waals surface area contributed by atoms with E-state index in [0.717, 1.165) is 38.7 Å². The monoisotopic (exact) mass is 444 g/mol. The highest BCUT2D eigenvalue weighted by molar-refractivity contribution is 5.80. The number of amides is 1. The van der Waals surface area contributed by atoms with Crippen LogP contribution >= 0.6 is 0 Å².